The molecule has 1 atom stereocenters. The summed E-state index contributed by atoms with van der Waals surface area (Å²) in [5.74, 6) is 1.94. The molecule has 0 bridgehead atoms. The van der Waals surface area contributed by atoms with Crippen LogP contribution in [0.15, 0.2) is 6.33 Å². The van der Waals surface area contributed by atoms with Gasteiger partial charge in [0.25, 0.3) is 0 Å². The van der Waals surface area contributed by atoms with Crippen molar-refractivity contribution < 1.29 is 9.84 Å². The first-order valence-electron chi connectivity index (χ1n) is 6.23. The van der Waals surface area contributed by atoms with Crippen LogP contribution in [0.2, 0.25) is 0 Å². The van der Waals surface area contributed by atoms with Crippen LogP contribution >= 0.6 is 0 Å². The molecule has 1 aromatic heterocycles. The Hall–Kier alpha value is -1.56. The van der Waals surface area contributed by atoms with Crippen LogP contribution in [0.4, 0.5) is 11.6 Å². The number of aliphatic hydroxyl groups is 1. The first-order valence-corrected chi connectivity index (χ1v) is 6.23. The number of hydrogen-bond acceptors (Lipinski definition) is 6. The Bertz CT molecular complexity index is 358. The van der Waals surface area contributed by atoms with E-state index >= 15 is 0 Å². The predicted octanol–water partition coefficient (Wildman–Crippen LogP) is 1.49. The largest absolute Gasteiger partial charge is 0.490 e. The van der Waals surface area contributed by atoms with E-state index in [0.717, 1.165) is 13.0 Å². The van der Waals surface area contributed by atoms with E-state index in [1.54, 1.807) is 14.0 Å². The van der Waals surface area contributed by atoms with Crippen molar-refractivity contribution in [1.29, 1.82) is 0 Å². The Balaban J connectivity index is 2.71. The summed E-state index contributed by atoms with van der Waals surface area (Å²) in [5.41, 5.74) is 0. The lowest BCUT2D eigenvalue weighted by Gasteiger charge is -2.14. The molecular weight excluding hydrogens is 232 g/mol. The third kappa shape index (κ3) is 4.37. The van der Waals surface area contributed by atoms with E-state index in [-0.39, 0.29) is 6.10 Å². The standard InChI is InChI=1S/C12H22N4O2/c1-4-6-13-11-10(18-3)12(16-8-15-11)14-7-5-9(2)17/h8-9,17H,4-7H2,1-3H3,(H2,13,14,15,16). The summed E-state index contributed by atoms with van der Waals surface area (Å²) in [7, 11) is 1.59. The SMILES string of the molecule is CCCNc1ncnc(NCCC(C)O)c1OC. The van der Waals surface area contributed by atoms with Gasteiger partial charge in [-0.25, -0.2) is 9.97 Å². The molecule has 102 valence electrons. The minimum Gasteiger partial charge on any atom is -0.490 e. The highest BCUT2D eigenvalue weighted by molar-refractivity contribution is 5.63. The number of nitrogens with zero attached hydrogens (tertiary/aromatic N) is 2. The summed E-state index contributed by atoms with van der Waals surface area (Å²) in [4.78, 5) is 8.30. The highest BCUT2D eigenvalue weighted by Crippen LogP contribution is 2.28. The Morgan fingerprint density at radius 1 is 1.28 bits per heavy atom. The van der Waals surface area contributed by atoms with Gasteiger partial charge in [0.1, 0.15) is 6.33 Å². The van der Waals surface area contributed by atoms with Crippen LogP contribution in [-0.2, 0) is 0 Å². The van der Waals surface area contributed by atoms with Gasteiger partial charge in [0.2, 0.25) is 5.75 Å². The molecule has 1 aromatic rings. The quantitative estimate of drug-likeness (QED) is 0.652. The van der Waals surface area contributed by atoms with Gasteiger partial charge in [-0.05, 0) is 19.8 Å². The summed E-state index contributed by atoms with van der Waals surface area (Å²) >= 11 is 0. The van der Waals surface area contributed by atoms with Gasteiger partial charge in [-0.3, -0.25) is 0 Å². The van der Waals surface area contributed by atoms with Gasteiger partial charge in [0.05, 0.1) is 13.2 Å². The smallest absolute Gasteiger partial charge is 0.204 e. The Labute approximate surface area is 108 Å². The Morgan fingerprint density at radius 2 is 1.89 bits per heavy atom. The van der Waals surface area contributed by atoms with Crippen molar-refractivity contribution in [2.75, 3.05) is 30.8 Å². The number of hydrogen-bond donors (Lipinski definition) is 3. The number of ether oxygens (including phenoxy) is 1. The molecule has 0 spiro atoms. The molecule has 18 heavy (non-hydrogen) atoms. The van der Waals surface area contributed by atoms with E-state index in [0.29, 0.717) is 30.4 Å². The van der Waals surface area contributed by atoms with Crippen LogP contribution in [0, 0.1) is 0 Å². The van der Waals surface area contributed by atoms with Gasteiger partial charge in [0.15, 0.2) is 11.6 Å². The van der Waals surface area contributed by atoms with Gasteiger partial charge < -0.3 is 20.5 Å². The second kappa shape index (κ2) is 7.71. The lowest BCUT2D eigenvalue weighted by molar-refractivity contribution is 0.188. The van der Waals surface area contributed by atoms with Crippen molar-refractivity contribution in [2.24, 2.45) is 0 Å². The second-order valence-corrected chi connectivity index (χ2v) is 4.10. The van der Waals surface area contributed by atoms with Crippen LogP contribution in [0.3, 0.4) is 0 Å². The lowest BCUT2D eigenvalue weighted by atomic mass is 10.3. The van der Waals surface area contributed by atoms with Gasteiger partial charge in [-0.2, -0.15) is 0 Å². The second-order valence-electron chi connectivity index (χ2n) is 4.10. The molecule has 0 radical (unpaired) electrons. The zero-order valence-electron chi connectivity index (χ0n) is 11.2. The van der Waals surface area contributed by atoms with Crippen LogP contribution in [0.1, 0.15) is 26.7 Å². The molecule has 0 saturated heterocycles. The van der Waals surface area contributed by atoms with E-state index in [4.69, 9.17) is 4.74 Å². The molecule has 1 heterocycles. The molecule has 0 aliphatic heterocycles. The molecule has 1 rings (SSSR count). The third-order valence-electron chi connectivity index (χ3n) is 2.40. The maximum atomic E-state index is 9.21. The Kier molecular flexibility index (Phi) is 6.21. The number of aromatic nitrogens is 2. The van der Waals surface area contributed by atoms with Crippen molar-refractivity contribution in [3.05, 3.63) is 6.33 Å². The summed E-state index contributed by atoms with van der Waals surface area (Å²) in [6.45, 7) is 5.31. The molecular formula is C12H22N4O2. The predicted molar refractivity (Wildman–Crippen MR) is 72.2 cm³/mol. The van der Waals surface area contributed by atoms with Gasteiger partial charge in [-0.1, -0.05) is 6.92 Å². The summed E-state index contributed by atoms with van der Waals surface area (Å²) in [5, 5.41) is 15.5. The topological polar surface area (TPSA) is 79.3 Å². The maximum Gasteiger partial charge on any atom is 0.204 e. The molecule has 1 unspecified atom stereocenters. The molecule has 0 aromatic carbocycles. The fourth-order valence-corrected chi connectivity index (χ4v) is 1.46. The van der Waals surface area contributed by atoms with E-state index < -0.39 is 0 Å². The summed E-state index contributed by atoms with van der Waals surface area (Å²) in [6, 6.07) is 0. The Morgan fingerprint density at radius 3 is 2.39 bits per heavy atom. The fraction of sp³-hybridized carbons (Fsp3) is 0.667. The fourth-order valence-electron chi connectivity index (χ4n) is 1.46. The number of methoxy groups -OCH3 is 1. The van der Waals surface area contributed by atoms with Crippen LogP contribution in [0.5, 0.6) is 5.75 Å². The highest BCUT2D eigenvalue weighted by atomic mass is 16.5. The minimum absolute atomic E-state index is 0.331. The molecule has 0 amide bonds. The molecule has 6 heteroatoms. The van der Waals surface area contributed by atoms with Crippen LogP contribution in [-0.4, -0.2) is 41.4 Å². The molecule has 0 aliphatic carbocycles. The first kappa shape index (κ1) is 14.5. The number of nitrogens with one attached hydrogen (secondary N) is 2. The zero-order valence-corrected chi connectivity index (χ0v) is 11.2. The zero-order chi connectivity index (χ0) is 13.4. The van der Waals surface area contributed by atoms with E-state index in [1.165, 1.54) is 6.33 Å². The molecule has 6 nitrogen and oxygen atoms in total. The van der Waals surface area contributed by atoms with Gasteiger partial charge in [0, 0.05) is 13.1 Å². The van der Waals surface area contributed by atoms with Crippen LogP contribution < -0.4 is 15.4 Å². The molecule has 0 aliphatic rings. The van der Waals surface area contributed by atoms with Gasteiger partial charge in [-0.15, -0.1) is 0 Å². The van der Waals surface area contributed by atoms with E-state index in [2.05, 4.69) is 27.5 Å². The number of anilines is 2. The first-order chi connectivity index (χ1) is 8.69. The summed E-state index contributed by atoms with van der Waals surface area (Å²) < 4.78 is 5.32. The van der Waals surface area contributed by atoms with Crippen molar-refractivity contribution in [1.82, 2.24) is 9.97 Å². The summed E-state index contributed by atoms with van der Waals surface area (Å²) in [6.07, 6.45) is 2.83. The van der Waals surface area contributed by atoms with Crippen LogP contribution in [0.25, 0.3) is 0 Å². The third-order valence-corrected chi connectivity index (χ3v) is 2.40. The average Bonchev–Trinajstić information content (AvgIpc) is 2.36. The average molecular weight is 254 g/mol. The van der Waals surface area contributed by atoms with Gasteiger partial charge >= 0.3 is 0 Å². The van der Waals surface area contributed by atoms with Crippen molar-refractivity contribution in [2.45, 2.75) is 32.8 Å². The highest BCUT2D eigenvalue weighted by Gasteiger charge is 2.11. The monoisotopic (exact) mass is 254 g/mol. The maximum absolute atomic E-state index is 9.21. The van der Waals surface area contributed by atoms with Crippen molar-refractivity contribution >= 4 is 11.6 Å². The molecule has 3 N–H and O–H groups in total. The van der Waals surface area contributed by atoms with E-state index in [9.17, 15) is 5.11 Å². The number of aliphatic hydroxyl groups excluding tert-OH is 1. The molecule has 0 fully saturated rings. The van der Waals surface area contributed by atoms with Crippen molar-refractivity contribution in [3.63, 3.8) is 0 Å². The lowest BCUT2D eigenvalue weighted by Crippen LogP contribution is -2.13. The minimum atomic E-state index is -0.331. The molecule has 0 saturated carbocycles. The van der Waals surface area contributed by atoms with Crippen molar-refractivity contribution in [3.8, 4) is 5.75 Å². The normalized spacial score (nSPS) is 12.0. The van der Waals surface area contributed by atoms with E-state index in [1.807, 2.05) is 0 Å². The number of rotatable bonds is 8.